The summed E-state index contributed by atoms with van der Waals surface area (Å²) in [6.45, 7) is 9.86. The summed E-state index contributed by atoms with van der Waals surface area (Å²) in [5.41, 5.74) is 0.757. The third kappa shape index (κ3) is 7.74. The van der Waals surface area contributed by atoms with Crippen molar-refractivity contribution >= 4 is 50.2 Å². The van der Waals surface area contributed by atoms with Crippen LogP contribution in [0.2, 0.25) is 0 Å². The van der Waals surface area contributed by atoms with Gasteiger partial charge < -0.3 is 32.7 Å². The Bertz CT molecular complexity index is 1840. The molecule has 2 aromatic carbocycles. The van der Waals surface area contributed by atoms with E-state index in [4.69, 9.17) is 18.9 Å². The standard InChI is InChI=1S/C29H32N2O11S.Na/c1-7-38-26(32)24-16(3)30-21-11-9-17(13-19(21)24)40-15-23-25(27(33)39-8-2)20-14-18(42-43(35,36)37)10-12-22(20)31(23)28(34)41-29(4,5)6;/h9-14,30H,7-8,15H2,1-6H3,(H,35,36,37);/q;+1/p-1. The predicted octanol–water partition coefficient (Wildman–Crippen LogP) is 1.99. The van der Waals surface area contributed by atoms with E-state index in [1.54, 1.807) is 59.7 Å². The van der Waals surface area contributed by atoms with Crippen LogP contribution in [-0.4, -0.2) is 59.4 Å². The van der Waals surface area contributed by atoms with Gasteiger partial charge in [0.1, 0.15) is 23.7 Å². The molecule has 2 aromatic heterocycles. The van der Waals surface area contributed by atoms with E-state index in [0.29, 0.717) is 27.9 Å². The molecule has 0 unspecified atom stereocenters. The maximum atomic E-state index is 13.5. The molecule has 0 atom stereocenters. The molecule has 1 N–H and O–H groups in total. The van der Waals surface area contributed by atoms with Gasteiger partial charge in [-0.1, -0.05) is 0 Å². The number of H-pyrrole nitrogens is 1. The predicted molar refractivity (Wildman–Crippen MR) is 153 cm³/mol. The van der Waals surface area contributed by atoms with Crippen LogP contribution < -0.4 is 38.5 Å². The number of carbonyl (C=O) groups excluding carboxylic acids is 3. The molecule has 230 valence electrons. The largest absolute Gasteiger partial charge is 1.00 e. The number of fused-ring (bicyclic) bond motifs is 2. The second kappa shape index (κ2) is 13.6. The van der Waals surface area contributed by atoms with Crippen LogP contribution in [0.15, 0.2) is 36.4 Å². The maximum absolute atomic E-state index is 13.5. The molecule has 0 bridgehead atoms. The Balaban J connectivity index is 0.00000529. The van der Waals surface area contributed by atoms with E-state index in [0.717, 1.165) is 16.7 Å². The number of ether oxygens (including phenoxy) is 4. The Labute approximate surface area is 276 Å². The Hall–Kier alpha value is -3.56. The first-order valence-corrected chi connectivity index (χ1v) is 14.6. The maximum Gasteiger partial charge on any atom is 1.00 e. The van der Waals surface area contributed by atoms with Crippen LogP contribution in [0, 0.1) is 6.92 Å². The van der Waals surface area contributed by atoms with E-state index in [-0.39, 0.29) is 77.3 Å². The van der Waals surface area contributed by atoms with Crippen molar-refractivity contribution in [1.82, 2.24) is 9.55 Å². The van der Waals surface area contributed by atoms with Gasteiger partial charge in [0.05, 0.1) is 35.6 Å². The van der Waals surface area contributed by atoms with Crippen LogP contribution >= 0.6 is 0 Å². The number of nitrogens with zero attached hydrogens (tertiary/aromatic N) is 1. The summed E-state index contributed by atoms with van der Waals surface area (Å²) >= 11 is 0. The monoisotopic (exact) mass is 638 g/mol. The number of rotatable bonds is 9. The van der Waals surface area contributed by atoms with Crippen LogP contribution in [0.5, 0.6) is 11.5 Å². The van der Waals surface area contributed by atoms with E-state index < -0.39 is 34.0 Å². The van der Waals surface area contributed by atoms with Crippen molar-refractivity contribution in [3.63, 3.8) is 0 Å². The molecule has 0 amide bonds. The number of aryl methyl sites for hydroxylation is 1. The average molecular weight is 639 g/mol. The molecule has 0 fully saturated rings. The first kappa shape index (κ1) is 34.9. The molecule has 0 radical (unpaired) electrons. The minimum atomic E-state index is -5.13. The quantitative estimate of drug-likeness (QED) is 0.0933. The van der Waals surface area contributed by atoms with Crippen molar-refractivity contribution in [3.05, 3.63) is 58.9 Å². The van der Waals surface area contributed by atoms with E-state index in [1.807, 2.05) is 0 Å². The van der Waals surface area contributed by atoms with Gasteiger partial charge in [0, 0.05) is 22.0 Å². The molecule has 0 aliphatic heterocycles. The number of esters is 2. The zero-order valence-corrected chi connectivity index (χ0v) is 28.2. The van der Waals surface area contributed by atoms with Crippen LogP contribution in [0.1, 0.15) is 66.7 Å². The fraction of sp³-hybridized carbons (Fsp3) is 0.345. The van der Waals surface area contributed by atoms with Gasteiger partial charge in [-0.2, -0.15) is 0 Å². The normalized spacial score (nSPS) is 11.6. The van der Waals surface area contributed by atoms with E-state index >= 15 is 0 Å². The number of benzene rings is 2. The van der Waals surface area contributed by atoms with Gasteiger partial charge >= 0.3 is 47.6 Å². The third-order valence-corrected chi connectivity index (χ3v) is 6.50. The molecule has 15 heteroatoms. The van der Waals surface area contributed by atoms with Crippen molar-refractivity contribution < 1.29 is 80.0 Å². The average Bonchev–Trinajstić information content (AvgIpc) is 3.38. The van der Waals surface area contributed by atoms with E-state index in [9.17, 15) is 27.4 Å². The van der Waals surface area contributed by atoms with Gasteiger partial charge in [-0.15, -0.1) is 0 Å². The Kier molecular flexibility index (Phi) is 10.8. The number of aromatic nitrogens is 2. The summed E-state index contributed by atoms with van der Waals surface area (Å²) in [6.07, 6.45) is -0.849. The summed E-state index contributed by atoms with van der Waals surface area (Å²) in [5.74, 6) is -1.41. The fourth-order valence-electron chi connectivity index (χ4n) is 4.59. The van der Waals surface area contributed by atoms with Gasteiger partial charge in [-0.3, -0.25) is 0 Å². The topological polar surface area (TPSA) is 175 Å². The molecule has 0 aliphatic rings. The number of aromatic amines is 1. The molecule has 0 spiro atoms. The SMILES string of the molecule is CCOC(=O)c1c(C)[nH]c2ccc(OCc3c(C(=O)OCC)c4cc(OS(=O)(=O)[O-])ccc4n3C(=O)OC(C)(C)C)cc12.[Na+]. The summed E-state index contributed by atoms with van der Waals surface area (Å²) in [6, 6.07) is 8.59. The smallest absolute Gasteiger partial charge is 0.716 e. The van der Waals surface area contributed by atoms with Crippen LogP contribution in [0.25, 0.3) is 21.8 Å². The summed E-state index contributed by atoms with van der Waals surface area (Å²) in [7, 11) is -5.13. The first-order valence-electron chi connectivity index (χ1n) is 13.3. The second-order valence-electron chi connectivity index (χ2n) is 10.4. The Morgan fingerprint density at radius 3 is 2.09 bits per heavy atom. The van der Waals surface area contributed by atoms with Gasteiger partial charge in [0.25, 0.3) is 10.4 Å². The molecule has 13 nitrogen and oxygen atoms in total. The van der Waals surface area contributed by atoms with E-state index in [1.165, 1.54) is 6.07 Å². The number of hydrogen-bond donors (Lipinski definition) is 1. The Morgan fingerprint density at radius 1 is 0.909 bits per heavy atom. The van der Waals surface area contributed by atoms with Crippen molar-refractivity contribution in [2.45, 2.75) is 53.8 Å². The molecule has 0 saturated heterocycles. The molecular weight excluding hydrogens is 607 g/mol. The number of nitrogens with one attached hydrogen (secondary N) is 1. The van der Waals surface area contributed by atoms with Crippen molar-refractivity contribution in [2.24, 2.45) is 0 Å². The molecular formula is C29H31N2NaO11S. The van der Waals surface area contributed by atoms with Gasteiger partial charge in [0.2, 0.25) is 0 Å². The number of hydrogen-bond acceptors (Lipinski definition) is 11. The van der Waals surface area contributed by atoms with Crippen molar-refractivity contribution in [2.75, 3.05) is 13.2 Å². The van der Waals surface area contributed by atoms with Gasteiger partial charge in [-0.05, 0) is 77.9 Å². The summed E-state index contributed by atoms with van der Waals surface area (Å²) in [4.78, 5) is 42.5. The molecule has 2 heterocycles. The fourth-order valence-corrected chi connectivity index (χ4v) is 4.93. The van der Waals surface area contributed by atoms with Crippen LogP contribution in [0.4, 0.5) is 4.79 Å². The molecule has 4 aromatic rings. The molecule has 44 heavy (non-hydrogen) atoms. The summed E-state index contributed by atoms with van der Waals surface area (Å²) < 4.78 is 61.5. The van der Waals surface area contributed by atoms with Crippen molar-refractivity contribution in [1.29, 1.82) is 0 Å². The van der Waals surface area contributed by atoms with Gasteiger partial charge in [0.15, 0.2) is 0 Å². The third-order valence-electron chi connectivity index (χ3n) is 6.10. The molecule has 0 saturated carbocycles. The van der Waals surface area contributed by atoms with E-state index in [2.05, 4.69) is 9.17 Å². The molecule has 4 rings (SSSR count). The summed E-state index contributed by atoms with van der Waals surface area (Å²) in [5, 5.41) is 0.609. The van der Waals surface area contributed by atoms with Crippen molar-refractivity contribution in [3.8, 4) is 11.5 Å². The minimum Gasteiger partial charge on any atom is -0.716 e. The van der Waals surface area contributed by atoms with Crippen LogP contribution in [0.3, 0.4) is 0 Å². The second-order valence-corrected chi connectivity index (χ2v) is 11.4. The number of carbonyl (C=O) groups is 3. The van der Waals surface area contributed by atoms with Gasteiger partial charge in [-0.25, -0.2) is 27.4 Å². The zero-order chi connectivity index (χ0) is 31.7. The minimum absolute atomic E-state index is 0. The zero-order valence-electron chi connectivity index (χ0n) is 25.4. The first-order chi connectivity index (χ1) is 20.1. The Morgan fingerprint density at radius 2 is 1.50 bits per heavy atom. The molecule has 0 aliphatic carbocycles. The van der Waals surface area contributed by atoms with Crippen LogP contribution in [-0.2, 0) is 31.2 Å².